The van der Waals surface area contributed by atoms with Crippen LogP contribution in [0.25, 0.3) is 0 Å². The predicted molar refractivity (Wildman–Crippen MR) is 65.1 cm³/mol. The Morgan fingerprint density at radius 3 is 2.83 bits per heavy atom. The number of aromatic nitrogens is 2. The van der Waals surface area contributed by atoms with Gasteiger partial charge in [-0.1, -0.05) is 6.92 Å². The molecule has 1 amide bonds. The summed E-state index contributed by atoms with van der Waals surface area (Å²) in [5.41, 5.74) is 0. The van der Waals surface area contributed by atoms with Crippen molar-refractivity contribution in [2.45, 2.75) is 31.6 Å². The topological polar surface area (TPSA) is 105 Å². The molecule has 0 spiro atoms. The number of carbonyl (C=O) groups is 2. The molecule has 1 aromatic rings. The highest BCUT2D eigenvalue weighted by Crippen LogP contribution is 2.13. The van der Waals surface area contributed by atoms with Crippen LogP contribution in [-0.2, 0) is 21.8 Å². The van der Waals surface area contributed by atoms with Gasteiger partial charge in [0.2, 0.25) is 18.2 Å². The van der Waals surface area contributed by atoms with Gasteiger partial charge in [0, 0.05) is 6.42 Å². The summed E-state index contributed by atoms with van der Waals surface area (Å²) in [7, 11) is 0. The summed E-state index contributed by atoms with van der Waals surface area (Å²) in [4.78, 5) is 20.9. The molecule has 18 heavy (non-hydrogen) atoms. The lowest BCUT2D eigenvalue weighted by Gasteiger charge is -2.09. The lowest BCUT2D eigenvalue weighted by atomic mass is 10.2. The normalized spacial score (nSPS) is 12.1. The third-order valence-corrected chi connectivity index (χ3v) is 3.13. The second kappa shape index (κ2) is 7.70. The Kier molecular flexibility index (Phi) is 6.20. The molecule has 1 unspecified atom stereocenters. The van der Waals surface area contributed by atoms with Gasteiger partial charge in [0.1, 0.15) is 6.04 Å². The van der Waals surface area contributed by atoms with Crippen LogP contribution in [0.15, 0.2) is 4.42 Å². The largest absolute Gasteiger partial charge is 0.480 e. The highest BCUT2D eigenvalue weighted by molar-refractivity contribution is 7.98. The average Bonchev–Trinajstić information content (AvgIpc) is 2.80. The van der Waals surface area contributed by atoms with Gasteiger partial charge in [0.15, 0.2) is 0 Å². The van der Waals surface area contributed by atoms with Crippen LogP contribution in [0.1, 0.15) is 25.1 Å². The molecule has 0 aliphatic carbocycles. The van der Waals surface area contributed by atoms with Gasteiger partial charge >= 0.3 is 5.97 Å². The van der Waals surface area contributed by atoms with Crippen molar-refractivity contribution in [1.82, 2.24) is 15.5 Å². The van der Waals surface area contributed by atoms with E-state index in [1.165, 1.54) is 11.8 Å². The molecule has 0 aromatic carbocycles. The van der Waals surface area contributed by atoms with Crippen molar-refractivity contribution in [3.63, 3.8) is 0 Å². The lowest BCUT2D eigenvalue weighted by molar-refractivity contribution is -0.140. The standard InChI is InChI=1S/C10H15N3O4S/c1-2-8-12-13-9(17-8)5-18-4-3-7(10(15)16)11-6-14/h6-7H,2-5H2,1H3,(H,11,14)(H,15,16). The van der Waals surface area contributed by atoms with Gasteiger partial charge < -0.3 is 14.8 Å². The minimum absolute atomic E-state index is 0.355. The van der Waals surface area contributed by atoms with E-state index in [0.29, 0.717) is 42.5 Å². The molecule has 100 valence electrons. The van der Waals surface area contributed by atoms with E-state index in [9.17, 15) is 9.59 Å². The van der Waals surface area contributed by atoms with E-state index in [1.807, 2.05) is 6.92 Å². The van der Waals surface area contributed by atoms with Gasteiger partial charge in [-0.3, -0.25) is 4.79 Å². The number of amides is 1. The van der Waals surface area contributed by atoms with Gasteiger partial charge in [-0.05, 0) is 12.2 Å². The number of rotatable bonds is 9. The van der Waals surface area contributed by atoms with Crippen LogP contribution in [0, 0.1) is 0 Å². The van der Waals surface area contributed by atoms with E-state index >= 15 is 0 Å². The molecule has 1 heterocycles. The molecular weight excluding hydrogens is 258 g/mol. The van der Waals surface area contributed by atoms with E-state index in [-0.39, 0.29) is 0 Å². The Labute approximate surface area is 108 Å². The van der Waals surface area contributed by atoms with E-state index < -0.39 is 12.0 Å². The lowest BCUT2D eigenvalue weighted by Crippen LogP contribution is -2.36. The number of aliphatic carboxylic acids is 1. The first-order valence-electron chi connectivity index (χ1n) is 5.48. The Hall–Kier alpha value is -1.57. The molecule has 0 aliphatic rings. The van der Waals surface area contributed by atoms with Gasteiger partial charge in [-0.2, -0.15) is 11.8 Å². The molecule has 1 aromatic heterocycles. The van der Waals surface area contributed by atoms with Crippen LogP contribution in [0.4, 0.5) is 0 Å². The maximum absolute atomic E-state index is 10.7. The number of nitrogens with one attached hydrogen (secondary N) is 1. The van der Waals surface area contributed by atoms with Crippen molar-refractivity contribution in [2.75, 3.05) is 5.75 Å². The first-order valence-corrected chi connectivity index (χ1v) is 6.64. The minimum atomic E-state index is -1.03. The van der Waals surface area contributed by atoms with Gasteiger partial charge in [0.25, 0.3) is 0 Å². The fraction of sp³-hybridized carbons (Fsp3) is 0.600. The summed E-state index contributed by atoms with van der Waals surface area (Å²) in [5.74, 6) is 1.22. The summed E-state index contributed by atoms with van der Waals surface area (Å²) >= 11 is 1.49. The van der Waals surface area contributed by atoms with Crippen LogP contribution < -0.4 is 5.32 Å². The monoisotopic (exact) mass is 273 g/mol. The van der Waals surface area contributed by atoms with Crippen LogP contribution in [-0.4, -0.2) is 39.5 Å². The number of carboxylic acids is 1. The van der Waals surface area contributed by atoms with Crippen LogP contribution in [0.2, 0.25) is 0 Å². The summed E-state index contributed by atoms with van der Waals surface area (Å²) in [6, 6.07) is -0.844. The van der Waals surface area contributed by atoms with Crippen molar-refractivity contribution in [1.29, 1.82) is 0 Å². The minimum Gasteiger partial charge on any atom is -0.480 e. The van der Waals surface area contributed by atoms with Crippen LogP contribution in [0.5, 0.6) is 0 Å². The SMILES string of the molecule is CCc1nnc(CSCCC(NC=O)C(=O)O)o1. The number of hydrogen-bond donors (Lipinski definition) is 2. The molecule has 0 aliphatic heterocycles. The first kappa shape index (κ1) is 14.5. The Morgan fingerprint density at radius 2 is 2.28 bits per heavy atom. The quantitative estimate of drug-likeness (QED) is 0.497. The zero-order chi connectivity index (χ0) is 13.4. The van der Waals surface area contributed by atoms with Crippen molar-refractivity contribution < 1.29 is 19.1 Å². The van der Waals surface area contributed by atoms with Crippen molar-refractivity contribution in [2.24, 2.45) is 0 Å². The van der Waals surface area contributed by atoms with E-state index in [0.717, 1.165) is 0 Å². The Balaban J connectivity index is 2.24. The highest BCUT2D eigenvalue weighted by Gasteiger charge is 2.15. The number of hydrogen-bond acceptors (Lipinski definition) is 6. The van der Waals surface area contributed by atoms with Crippen molar-refractivity contribution in [3.05, 3.63) is 11.8 Å². The Morgan fingerprint density at radius 1 is 1.56 bits per heavy atom. The summed E-state index contributed by atoms with van der Waals surface area (Å²) in [6.07, 6.45) is 1.45. The maximum Gasteiger partial charge on any atom is 0.326 e. The molecule has 7 nitrogen and oxygen atoms in total. The number of nitrogens with zero attached hydrogens (tertiary/aromatic N) is 2. The summed E-state index contributed by atoms with van der Waals surface area (Å²) in [6.45, 7) is 1.92. The average molecular weight is 273 g/mol. The maximum atomic E-state index is 10.7. The van der Waals surface area contributed by atoms with E-state index in [2.05, 4.69) is 15.5 Å². The number of thioether (sulfide) groups is 1. The second-order valence-corrected chi connectivity index (χ2v) is 4.56. The smallest absolute Gasteiger partial charge is 0.326 e. The molecule has 2 N–H and O–H groups in total. The fourth-order valence-electron chi connectivity index (χ4n) is 1.21. The van der Waals surface area contributed by atoms with Gasteiger partial charge in [-0.15, -0.1) is 10.2 Å². The fourth-order valence-corrected chi connectivity index (χ4v) is 2.05. The van der Waals surface area contributed by atoms with Crippen LogP contribution >= 0.6 is 11.8 Å². The molecule has 0 saturated carbocycles. The number of carboxylic acid groups (broad SMARTS) is 1. The highest BCUT2D eigenvalue weighted by atomic mass is 32.2. The molecule has 0 fully saturated rings. The second-order valence-electron chi connectivity index (χ2n) is 3.46. The van der Waals surface area contributed by atoms with Crippen LogP contribution in [0.3, 0.4) is 0 Å². The van der Waals surface area contributed by atoms with Gasteiger partial charge in [0.05, 0.1) is 5.75 Å². The third kappa shape index (κ3) is 4.74. The molecule has 0 bridgehead atoms. The molecule has 8 heteroatoms. The summed E-state index contributed by atoms with van der Waals surface area (Å²) in [5, 5.41) is 18.7. The predicted octanol–water partition coefficient (Wildman–Crippen LogP) is 0.454. The Bertz CT molecular complexity index is 396. The summed E-state index contributed by atoms with van der Waals surface area (Å²) < 4.78 is 5.30. The molecule has 1 rings (SSSR count). The van der Waals surface area contributed by atoms with E-state index in [1.54, 1.807) is 0 Å². The molecular formula is C10H15N3O4S. The van der Waals surface area contributed by atoms with E-state index in [4.69, 9.17) is 9.52 Å². The molecule has 0 radical (unpaired) electrons. The molecule has 0 saturated heterocycles. The van der Waals surface area contributed by atoms with Crippen molar-refractivity contribution in [3.8, 4) is 0 Å². The molecule has 1 atom stereocenters. The van der Waals surface area contributed by atoms with Gasteiger partial charge in [-0.25, -0.2) is 4.79 Å². The zero-order valence-electron chi connectivity index (χ0n) is 9.96. The number of carbonyl (C=O) groups excluding carboxylic acids is 1. The van der Waals surface area contributed by atoms with Crippen molar-refractivity contribution >= 4 is 24.1 Å². The first-order chi connectivity index (χ1) is 8.67. The number of aryl methyl sites for hydroxylation is 1. The third-order valence-electron chi connectivity index (χ3n) is 2.15. The zero-order valence-corrected chi connectivity index (χ0v) is 10.8.